The van der Waals surface area contributed by atoms with Crippen LogP contribution in [0.3, 0.4) is 0 Å². The Labute approximate surface area is 331 Å². The molecule has 0 spiro atoms. The van der Waals surface area contributed by atoms with E-state index in [1.807, 2.05) is 98.3 Å². The monoisotopic (exact) mass is 755 g/mol. The number of aromatic nitrogens is 2. The third kappa shape index (κ3) is 12.2. The van der Waals surface area contributed by atoms with E-state index in [0.29, 0.717) is 13.0 Å². The van der Waals surface area contributed by atoms with E-state index in [2.05, 4.69) is 74.1 Å². The lowest BCUT2D eigenvalue weighted by molar-refractivity contribution is -0.146. The molecule has 0 aliphatic carbocycles. The molecule has 0 aliphatic heterocycles. The molecule has 2 heterocycles. The fourth-order valence-electron chi connectivity index (χ4n) is 6.46. The minimum atomic E-state index is -0.454. The van der Waals surface area contributed by atoms with Crippen LogP contribution in [-0.4, -0.2) is 21.9 Å². The number of rotatable bonds is 12. The van der Waals surface area contributed by atoms with Crippen LogP contribution in [0.25, 0.3) is 22.3 Å². The molecule has 2 aromatic heterocycles. The maximum absolute atomic E-state index is 12.2. The Morgan fingerprint density at radius 2 is 0.964 bits per heavy atom. The molecule has 0 amide bonds. The third-order valence-corrected chi connectivity index (χ3v) is 9.40. The normalized spacial score (nSPS) is 11.6. The lowest BCUT2D eigenvalue weighted by Crippen LogP contribution is -2.17. The smallest absolute Gasteiger partial charge is 0.308 e. The average molecular weight is 756 g/mol. The van der Waals surface area contributed by atoms with Crippen molar-refractivity contribution in [2.24, 2.45) is 5.73 Å². The van der Waals surface area contributed by atoms with Gasteiger partial charge in [-0.2, -0.15) is 0 Å². The highest BCUT2D eigenvalue weighted by Gasteiger charge is 2.17. The molecule has 6 rings (SSSR count). The van der Waals surface area contributed by atoms with Gasteiger partial charge in [-0.1, -0.05) is 104 Å². The van der Waals surface area contributed by atoms with Crippen molar-refractivity contribution < 1.29 is 19.1 Å². The fourth-order valence-corrected chi connectivity index (χ4v) is 6.46. The minimum Gasteiger partial charge on any atom is -0.461 e. The van der Waals surface area contributed by atoms with Crippen molar-refractivity contribution in [2.45, 2.75) is 72.6 Å². The van der Waals surface area contributed by atoms with Crippen molar-refractivity contribution in [1.82, 2.24) is 9.97 Å². The maximum Gasteiger partial charge on any atom is 0.308 e. The van der Waals surface area contributed by atoms with Gasteiger partial charge in [0.05, 0.1) is 12.8 Å². The number of carbonyl (C=O) groups is 2. The van der Waals surface area contributed by atoms with Gasteiger partial charge < -0.3 is 15.2 Å². The highest BCUT2D eigenvalue weighted by atomic mass is 35.5. The molecule has 0 saturated carbocycles. The topological polar surface area (TPSA) is 104 Å². The molecule has 0 bridgehead atoms. The quantitative estimate of drug-likeness (QED) is 0.124. The highest BCUT2D eigenvalue weighted by Crippen LogP contribution is 2.31. The van der Waals surface area contributed by atoms with Crippen molar-refractivity contribution in [3.8, 4) is 22.3 Å². The number of pyridine rings is 2. The first-order chi connectivity index (χ1) is 26.1. The van der Waals surface area contributed by atoms with Gasteiger partial charge in [-0.05, 0) is 101 Å². The molecule has 2 N–H and O–H groups in total. The third-order valence-electron chi connectivity index (χ3n) is 9.40. The molecule has 8 heteroatoms. The molecule has 0 unspecified atom stereocenters. The summed E-state index contributed by atoms with van der Waals surface area (Å²) < 4.78 is 10.7. The van der Waals surface area contributed by atoms with Crippen LogP contribution in [0.4, 0.5) is 0 Å². The first-order valence-corrected chi connectivity index (χ1v) is 18.3. The van der Waals surface area contributed by atoms with Crippen molar-refractivity contribution in [3.63, 3.8) is 0 Å². The lowest BCUT2D eigenvalue weighted by Gasteiger charge is -2.14. The molecule has 284 valence electrons. The van der Waals surface area contributed by atoms with E-state index in [9.17, 15) is 9.59 Å². The summed E-state index contributed by atoms with van der Waals surface area (Å²) in [7, 11) is 0. The van der Waals surface area contributed by atoms with Gasteiger partial charge in [0.25, 0.3) is 0 Å². The Bertz CT molecular complexity index is 1960. The number of hydrogen-bond donors (Lipinski definition) is 1. The maximum atomic E-state index is 12.2. The minimum absolute atomic E-state index is 0. The second-order valence-corrected chi connectivity index (χ2v) is 13.8. The zero-order chi connectivity index (χ0) is 38.5. The van der Waals surface area contributed by atoms with Crippen molar-refractivity contribution in [1.29, 1.82) is 0 Å². The summed E-state index contributed by atoms with van der Waals surface area (Å²) in [6, 6.07) is 35.5. The van der Waals surface area contributed by atoms with Gasteiger partial charge in [-0.25, -0.2) is 0 Å². The molecule has 7 nitrogen and oxygen atoms in total. The SMILES string of the molecule is Cc1cccc(C)c1-c1cncc([C@H](C)CC(=O)OCc2ccccc2)c1.Cc1cccc(C)c1-c1cncc([C@H](N)CC(=O)OCc2ccccc2)c1.Cl. The van der Waals surface area contributed by atoms with Crippen molar-refractivity contribution in [2.75, 3.05) is 0 Å². The van der Waals surface area contributed by atoms with Crippen LogP contribution in [0.15, 0.2) is 134 Å². The largest absolute Gasteiger partial charge is 0.461 e. The van der Waals surface area contributed by atoms with Gasteiger partial charge in [-0.15, -0.1) is 12.4 Å². The first-order valence-electron chi connectivity index (χ1n) is 18.3. The Hall–Kier alpha value is -5.63. The van der Waals surface area contributed by atoms with E-state index in [1.165, 1.54) is 27.8 Å². The second-order valence-electron chi connectivity index (χ2n) is 13.8. The van der Waals surface area contributed by atoms with Gasteiger partial charge in [-0.3, -0.25) is 19.6 Å². The molecule has 6 aromatic rings. The number of carbonyl (C=O) groups excluding carboxylic acids is 2. The first kappa shape index (κ1) is 42.1. The number of benzene rings is 4. The summed E-state index contributed by atoms with van der Waals surface area (Å²) in [4.78, 5) is 33.1. The summed E-state index contributed by atoms with van der Waals surface area (Å²) in [6.45, 7) is 11.0. The summed E-state index contributed by atoms with van der Waals surface area (Å²) in [5.41, 5.74) is 19.4. The van der Waals surface area contributed by atoms with Gasteiger partial charge >= 0.3 is 11.9 Å². The zero-order valence-corrected chi connectivity index (χ0v) is 33.0. The van der Waals surface area contributed by atoms with Gasteiger partial charge in [0.2, 0.25) is 0 Å². The van der Waals surface area contributed by atoms with Crippen LogP contribution in [0.5, 0.6) is 0 Å². The molecule has 0 aliphatic rings. The van der Waals surface area contributed by atoms with E-state index >= 15 is 0 Å². The molecule has 0 fully saturated rings. The number of esters is 2. The van der Waals surface area contributed by atoms with E-state index in [1.54, 1.807) is 6.20 Å². The Balaban J connectivity index is 0.000000240. The Morgan fingerprint density at radius 3 is 1.42 bits per heavy atom. The molecule has 2 atom stereocenters. The van der Waals surface area contributed by atoms with E-state index in [0.717, 1.165) is 38.9 Å². The fraction of sp³-hybridized carbons (Fsp3) is 0.234. The van der Waals surface area contributed by atoms with Gasteiger partial charge in [0.15, 0.2) is 0 Å². The highest BCUT2D eigenvalue weighted by molar-refractivity contribution is 5.85. The van der Waals surface area contributed by atoms with Gasteiger partial charge in [0.1, 0.15) is 13.2 Å². The average Bonchev–Trinajstić information content (AvgIpc) is 3.17. The molecule has 4 aromatic carbocycles. The Morgan fingerprint density at radius 1 is 0.564 bits per heavy atom. The van der Waals surface area contributed by atoms with Crippen LogP contribution < -0.4 is 5.73 Å². The predicted octanol–water partition coefficient (Wildman–Crippen LogP) is 10.5. The molecular formula is C47H50ClN3O4. The summed E-state index contributed by atoms with van der Waals surface area (Å²) in [5.74, 6) is -0.460. The van der Waals surface area contributed by atoms with E-state index < -0.39 is 6.04 Å². The van der Waals surface area contributed by atoms with Gasteiger partial charge in [0, 0.05) is 42.0 Å². The number of halogens is 1. The summed E-state index contributed by atoms with van der Waals surface area (Å²) in [6.07, 6.45) is 7.73. The number of nitrogens with zero attached hydrogens (tertiary/aromatic N) is 2. The van der Waals surface area contributed by atoms with Crippen LogP contribution in [0.2, 0.25) is 0 Å². The van der Waals surface area contributed by atoms with Crippen LogP contribution in [-0.2, 0) is 32.3 Å². The molecule has 55 heavy (non-hydrogen) atoms. The Kier molecular flexibility index (Phi) is 15.9. The molecular weight excluding hydrogens is 706 g/mol. The standard InChI is InChI=1S/C24H25NO2.C23H24N2O2.ClH/c1-17-8-7-9-18(2)24(17)22-13-21(14-25-15-22)19(3)12-23(26)27-16-20-10-5-4-6-11-20;1-16-7-6-8-17(2)23(16)20-11-19(13-25-14-20)21(24)12-22(26)27-15-18-9-4-3-5-10-18;/h4-11,13-15,19H,12,16H2,1-3H3;3-11,13-14,21H,12,15,24H2,1-2H3;1H/t19-;21-;/m11./s1. The zero-order valence-electron chi connectivity index (χ0n) is 32.2. The van der Waals surface area contributed by atoms with Crippen LogP contribution in [0.1, 0.15) is 76.2 Å². The van der Waals surface area contributed by atoms with Crippen LogP contribution in [0, 0.1) is 27.7 Å². The molecule has 0 saturated heterocycles. The number of nitrogens with two attached hydrogens (primary N) is 1. The number of ether oxygens (including phenoxy) is 2. The van der Waals surface area contributed by atoms with Crippen molar-refractivity contribution in [3.05, 3.63) is 178 Å². The lowest BCUT2D eigenvalue weighted by atomic mass is 9.93. The predicted molar refractivity (Wildman–Crippen MR) is 223 cm³/mol. The van der Waals surface area contributed by atoms with Crippen LogP contribution >= 0.6 is 12.4 Å². The molecule has 0 radical (unpaired) electrons. The second kappa shape index (κ2) is 20.7. The summed E-state index contributed by atoms with van der Waals surface area (Å²) in [5, 5.41) is 0. The van der Waals surface area contributed by atoms with E-state index in [-0.39, 0.29) is 43.3 Å². The number of hydrogen-bond acceptors (Lipinski definition) is 7. The van der Waals surface area contributed by atoms with Crippen molar-refractivity contribution >= 4 is 24.3 Å². The van der Waals surface area contributed by atoms with E-state index in [4.69, 9.17) is 15.2 Å². The summed E-state index contributed by atoms with van der Waals surface area (Å²) >= 11 is 0. The number of aryl methyl sites for hydroxylation is 4.